The van der Waals surface area contributed by atoms with Gasteiger partial charge in [-0.05, 0) is 63.2 Å². The number of allylic oxidation sites excluding steroid dienone is 1. The maximum atomic E-state index is 10.4. The van der Waals surface area contributed by atoms with Gasteiger partial charge in [-0.1, -0.05) is 25.5 Å². The molecule has 0 amide bonds. The summed E-state index contributed by atoms with van der Waals surface area (Å²) >= 11 is 0. The summed E-state index contributed by atoms with van der Waals surface area (Å²) in [7, 11) is 0. The minimum absolute atomic E-state index is 0.415. The molecule has 0 aliphatic heterocycles. The lowest BCUT2D eigenvalue weighted by atomic mass is 9.53. The number of rotatable bonds is 1. The van der Waals surface area contributed by atoms with E-state index < -0.39 is 5.60 Å². The molecule has 16 heavy (non-hydrogen) atoms. The third-order valence-corrected chi connectivity index (χ3v) is 5.01. The molecule has 3 atom stereocenters. The van der Waals surface area contributed by atoms with Crippen LogP contribution in [0.15, 0.2) is 12.2 Å². The van der Waals surface area contributed by atoms with Crippen molar-refractivity contribution in [1.82, 2.24) is 0 Å². The topological polar surface area (TPSA) is 20.2 Å². The van der Waals surface area contributed by atoms with Crippen LogP contribution in [0.4, 0.5) is 0 Å². The van der Waals surface area contributed by atoms with E-state index in [1.807, 2.05) is 13.8 Å². The van der Waals surface area contributed by atoms with Gasteiger partial charge < -0.3 is 5.11 Å². The summed E-state index contributed by atoms with van der Waals surface area (Å²) in [5.74, 6) is 0.967. The van der Waals surface area contributed by atoms with E-state index in [0.29, 0.717) is 17.3 Å². The lowest BCUT2D eigenvalue weighted by molar-refractivity contribution is -0.0682. The molecule has 0 saturated heterocycles. The van der Waals surface area contributed by atoms with E-state index >= 15 is 0 Å². The Balaban J connectivity index is 2.31. The maximum absolute atomic E-state index is 10.4. The summed E-state index contributed by atoms with van der Waals surface area (Å²) in [5.41, 5.74) is 1.27. The van der Waals surface area contributed by atoms with Gasteiger partial charge in [-0.15, -0.1) is 0 Å². The van der Waals surface area contributed by atoms with Gasteiger partial charge in [-0.2, -0.15) is 0 Å². The highest BCUT2D eigenvalue weighted by molar-refractivity contribution is 5.15. The van der Waals surface area contributed by atoms with Crippen LogP contribution in [0.3, 0.4) is 0 Å². The first kappa shape index (κ1) is 12.2. The summed E-state index contributed by atoms with van der Waals surface area (Å²) in [5, 5.41) is 10.4. The second-order valence-corrected chi connectivity index (χ2v) is 6.80. The first-order valence-electron chi connectivity index (χ1n) is 6.75. The average molecular weight is 222 g/mol. The average Bonchev–Trinajstić information content (AvgIpc) is 2.14. The summed E-state index contributed by atoms with van der Waals surface area (Å²) < 4.78 is 0. The first-order chi connectivity index (χ1) is 7.34. The van der Waals surface area contributed by atoms with E-state index in [4.69, 9.17) is 0 Å². The second kappa shape index (κ2) is 3.87. The second-order valence-electron chi connectivity index (χ2n) is 6.80. The van der Waals surface area contributed by atoms with Gasteiger partial charge in [0.05, 0.1) is 5.60 Å². The number of hydrogen-bond donors (Lipinski definition) is 1. The van der Waals surface area contributed by atoms with Crippen LogP contribution in [-0.2, 0) is 0 Å². The van der Waals surface area contributed by atoms with Crippen molar-refractivity contribution in [2.75, 3.05) is 0 Å². The maximum Gasteiger partial charge on any atom is 0.0625 e. The molecule has 2 rings (SSSR count). The van der Waals surface area contributed by atoms with Crippen molar-refractivity contribution in [3.8, 4) is 0 Å². The van der Waals surface area contributed by atoms with Gasteiger partial charge in [0.2, 0.25) is 0 Å². The predicted molar refractivity (Wildman–Crippen MR) is 68.2 cm³/mol. The monoisotopic (exact) mass is 222 g/mol. The van der Waals surface area contributed by atoms with Gasteiger partial charge in [0, 0.05) is 0 Å². The van der Waals surface area contributed by atoms with Crippen LogP contribution in [-0.4, -0.2) is 10.7 Å². The largest absolute Gasteiger partial charge is 0.390 e. The zero-order chi connectivity index (χ0) is 12.0. The predicted octanol–water partition coefficient (Wildman–Crippen LogP) is 3.92. The van der Waals surface area contributed by atoms with Crippen LogP contribution >= 0.6 is 0 Å². The van der Waals surface area contributed by atoms with Crippen LogP contribution in [0.1, 0.15) is 59.3 Å². The van der Waals surface area contributed by atoms with Crippen LogP contribution in [0, 0.1) is 17.3 Å². The standard InChI is InChI=1S/C15H26O/c1-11-7-5-9-15(4)10-6-8-12(13(11)15)14(2,3)16/h12-13,16H,1,5-10H2,2-4H3/t12-,13+,15+/m1/s1. The Morgan fingerprint density at radius 2 is 1.94 bits per heavy atom. The SMILES string of the molecule is C=C1CCC[C@@]2(C)CCC[C@@H](C(C)(C)O)[C@H]12. The highest BCUT2D eigenvalue weighted by Gasteiger charge is 2.49. The Kier molecular flexibility index (Phi) is 2.94. The minimum atomic E-state index is -0.549. The Morgan fingerprint density at radius 3 is 2.56 bits per heavy atom. The van der Waals surface area contributed by atoms with E-state index in [1.54, 1.807) is 0 Å². The molecule has 0 aromatic heterocycles. The first-order valence-corrected chi connectivity index (χ1v) is 6.75. The van der Waals surface area contributed by atoms with Crippen molar-refractivity contribution >= 4 is 0 Å². The molecule has 2 fully saturated rings. The van der Waals surface area contributed by atoms with Crippen molar-refractivity contribution in [3.05, 3.63) is 12.2 Å². The summed E-state index contributed by atoms with van der Waals surface area (Å²) in [4.78, 5) is 0. The lowest BCUT2D eigenvalue weighted by Crippen LogP contribution is -2.48. The highest BCUT2D eigenvalue weighted by atomic mass is 16.3. The molecule has 92 valence electrons. The molecule has 0 aromatic carbocycles. The summed E-state index contributed by atoms with van der Waals surface area (Å²) in [6.45, 7) is 10.7. The molecular formula is C15H26O. The van der Waals surface area contributed by atoms with Gasteiger partial charge in [0.25, 0.3) is 0 Å². The molecular weight excluding hydrogens is 196 g/mol. The lowest BCUT2D eigenvalue weighted by Gasteiger charge is -2.53. The van der Waals surface area contributed by atoms with Crippen molar-refractivity contribution in [2.24, 2.45) is 17.3 Å². The van der Waals surface area contributed by atoms with Crippen LogP contribution in [0.5, 0.6) is 0 Å². The third-order valence-electron chi connectivity index (χ3n) is 5.01. The molecule has 0 aromatic rings. The number of hydrogen-bond acceptors (Lipinski definition) is 1. The fourth-order valence-electron chi connectivity index (χ4n) is 4.23. The molecule has 1 N–H and O–H groups in total. The van der Waals surface area contributed by atoms with Gasteiger partial charge in [-0.25, -0.2) is 0 Å². The van der Waals surface area contributed by atoms with E-state index in [1.165, 1.54) is 44.1 Å². The molecule has 1 nitrogen and oxygen atoms in total. The molecule has 2 aliphatic rings. The van der Waals surface area contributed by atoms with Crippen molar-refractivity contribution in [1.29, 1.82) is 0 Å². The third kappa shape index (κ3) is 1.95. The smallest absolute Gasteiger partial charge is 0.0625 e. The Morgan fingerprint density at radius 1 is 1.31 bits per heavy atom. The fourth-order valence-corrected chi connectivity index (χ4v) is 4.23. The van der Waals surface area contributed by atoms with Gasteiger partial charge >= 0.3 is 0 Å². The fraction of sp³-hybridized carbons (Fsp3) is 0.867. The molecule has 2 saturated carbocycles. The Labute approximate surface area is 99.9 Å². The van der Waals surface area contributed by atoms with Gasteiger partial charge in [-0.3, -0.25) is 0 Å². The molecule has 0 bridgehead atoms. The zero-order valence-corrected chi connectivity index (χ0v) is 11.1. The Bertz CT molecular complexity index is 282. The van der Waals surface area contributed by atoms with E-state index in [0.717, 1.165) is 0 Å². The molecule has 0 radical (unpaired) electrons. The van der Waals surface area contributed by atoms with E-state index in [2.05, 4.69) is 13.5 Å². The summed E-state index contributed by atoms with van der Waals surface area (Å²) in [6.07, 6.45) is 7.56. The quantitative estimate of drug-likeness (QED) is 0.667. The van der Waals surface area contributed by atoms with Crippen molar-refractivity contribution in [3.63, 3.8) is 0 Å². The summed E-state index contributed by atoms with van der Waals surface area (Å²) in [6, 6.07) is 0. The van der Waals surface area contributed by atoms with Crippen LogP contribution in [0.25, 0.3) is 0 Å². The zero-order valence-electron chi connectivity index (χ0n) is 11.1. The molecule has 0 unspecified atom stereocenters. The van der Waals surface area contributed by atoms with Crippen molar-refractivity contribution in [2.45, 2.75) is 64.9 Å². The van der Waals surface area contributed by atoms with E-state index in [-0.39, 0.29) is 0 Å². The number of aliphatic hydroxyl groups is 1. The van der Waals surface area contributed by atoms with Crippen LogP contribution in [0.2, 0.25) is 0 Å². The van der Waals surface area contributed by atoms with E-state index in [9.17, 15) is 5.11 Å². The number of fused-ring (bicyclic) bond motifs is 1. The van der Waals surface area contributed by atoms with Crippen LogP contribution < -0.4 is 0 Å². The highest BCUT2D eigenvalue weighted by Crippen LogP contribution is 2.56. The molecule has 0 spiro atoms. The molecule has 2 aliphatic carbocycles. The molecule has 1 heteroatoms. The minimum Gasteiger partial charge on any atom is -0.390 e. The van der Waals surface area contributed by atoms with Gasteiger partial charge in [0.1, 0.15) is 0 Å². The normalized spacial score (nSPS) is 40.6. The molecule has 0 heterocycles. The Hall–Kier alpha value is -0.300. The van der Waals surface area contributed by atoms with Crippen molar-refractivity contribution < 1.29 is 5.11 Å². The van der Waals surface area contributed by atoms with Gasteiger partial charge in [0.15, 0.2) is 0 Å².